The van der Waals surface area contributed by atoms with Crippen LogP contribution in [0.4, 0.5) is 0 Å². The molecule has 1 aliphatic rings. The number of nitrogens with one attached hydrogen (secondary N) is 1. The molecule has 2 aromatic rings. The van der Waals surface area contributed by atoms with E-state index in [9.17, 15) is 9.59 Å². The van der Waals surface area contributed by atoms with Crippen molar-refractivity contribution in [2.24, 2.45) is 0 Å². The molecule has 0 aliphatic carbocycles. The summed E-state index contributed by atoms with van der Waals surface area (Å²) in [5, 5.41) is 3.48. The molecule has 1 atom stereocenters. The highest BCUT2D eigenvalue weighted by Crippen LogP contribution is 2.15. The second kappa shape index (κ2) is 5.69. The van der Waals surface area contributed by atoms with Crippen LogP contribution in [-0.4, -0.2) is 25.2 Å². The Labute approximate surface area is 121 Å². The average molecular weight is 287 g/mol. The standard InChI is InChI=1S/C16H17NO4/c1-10-4-5-14-11(7-10)8-13(16(19)21-14)15(18)17-9-12-3-2-6-20-12/h4-5,7-8,12H,2-3,6,9H2,1H3,(H,17,18)/t12-/m1/s1. The molecule has 1 aliphatic heterocycles. The number of carbonyl (C=O) groups is 1. The summed E-state index contributed by atoms with van der Waals surface area (Å²) in [5.74, 6) is -0.414. The van der Waals surface area contributed by atoms with Gasteiger partial charge in [-0.15, -0.1) is 0 Å². The van der Waals surface area contributed by atoms with E-state index in [0.717, 1.165) is 30.4 Å². The SMILES string of the molecule is Cc1ccc2oc(=O)c(C(=O)NC[C@H]3CCCO3)cc2c1. The van der Waals surface area contributed by atoms with E-state index in [1.807, 2.05) is 19.1 Å². The summed E-state index contributed by atoms with van der Waals surface area (Å²) in [5.41, 5.74) is 0.950. The Bertz CT molecular complexity index is 729. The lowest BCUT2D eigenvalue weighted by molar-refractivity contribution is 0.0855. The van der Waals surface area contributed by atoms with Gasteiger partial charge in [-0.25, -0.2) is 4.79 Å². The van der Waals surface area contributed by atoms with Crippen LogP contribution in [0.25, 0.3) is 11.0 Å². The molecule has 110 valence electrons. The first-order chi connectivity index (χ1) is 10.1. The van der Waals surface area contributed by atoms with Crippen molar-refractivity contribution >= 4 is 16.9 Å². The molecule has 0 bridgehead atoms. The molecule has 5 nitrogen and oxygen atoms in total. The van der Waals surface area contributed by atoms with E-state index in [4.69, 9.17) is 9.15 Å². The van der Waals surface area contributed by atoms with Gasteiger partial charge in [0.25, 0.3) is 5.91 Å². The van der Waals surface area contributed by atoms with Gasteiger partial charge in [-0.3, -0.25) is 4.79 Å². The van der Waals surface area contributed by atoms with Gasteiger partial charge in [0.05, 0.1) is 6.10 Å². The Morgan fingerprint density at radius 2 is 2.24 bits per heavy atom. The lowest BCUT2D eigenvalue weighted by Crippen LogP contribution is -2.34. The summed E-state index contributed by atoms with van der Waals surface area (Å²) in [6, 6.07) is 7.07. The second-order valence-corrected chi connectivity index (χ2v) is 5.33. The molecule has 5 heteroatoms. The lowest BCUT2D eigenvalue weighted by atomic mass is 10.1. The number of rotatable bonds is 3. The number of hydrogen-bond donors (Lipinski definition) is 1. The molecule has 1 saturated heterocycles. The van der Waals surface area contributed by atoms with Crippen LogP contribution in [0.2, 0.25) is 0 Å². The predicted molar refractivity (Wildman–Crippen MR) is 78.5 cm³/mol. The van der Waals surface area contributed by atoms with Crippen LogP contribution in [0, 0.1) is 6.92 Å². The van der Waals surface area contributed by atoms with E-state index in [2.05, 4.69) is 5.32 Å². The monoisotopic (exact) mass is 287 g/mol. The zero-order valence-corrected chi connectivity index (χ0v) is 11.8. The molecule has 1 aromatic carbocycles. The Morgan fingerprint density at radius 3 is 3.00 bits per heavy atom. The first-order valence-electron chi connectivity index (χ1n) is 7.08. The quantitative estimate of drug-likeness (QED) is 0.877. The fourth-order valence-corrected chi connectivity index (χ4v) is 2.51. The molecule has 21 heavy (non-hydrogen) atoms. The van der Waals surface area contributed by atoms with Gasteiger partial charge in [0.1, 0.15) is 11.1 Å². The highest BCUT2D eigenvalue weighted by atomic mass is 16.5. The van der Waals surface area contributed by atoms with Crippen LogP contribution in [0.5, 0.6) is 0 Å². The van der Waals surface area contributed by atoms with Gasteiger partial charge in [0.15, 0.2) is 0 Å². The molecule has 0 unspecified atom stereocenters. The number of amides is 1. The van der Waals surface area contributed by atoms with Crippen molar-refractivity contribution in [3.8, 4) is 0 Å². The van der Waals surface area contributed by atoms with Crippen LogP contribution in [0.3, 0.4) is 0 Å². The predicted octanol–water partition coefficient (Wildman–Crippen LogP) is 2.01. The minimum Gasteiger partial charge on any atom is -0.422 e. The van der Waals surface area contributed by atoms with Crippen molar-refractivity contribution in [2.75, 3.05) is 13.2 Å². The van der Waals surface area contributed by atoms with Crippen LogP contribution in [0.15, 0.2) is 33.5 Å². The molecule has 1 aromatic heterocycles. The number of benzene rings is 1. The minimum absolute atomic E-state index is 0.0334. The normalized spacial score (nSPS) is 18.0. The molecular weight excluding hydrogens is 270 g/mol. The highest BCUT2D eigenvalue weighted by molar-refractivity contribution is 5.96. The van der Waals surface area contributed by atoms with Gasteiger partial charge in [0.2, 0.25) is 0 Å². The first-order valence-corrected chi connectivity index (χ1v) is 7.08. The highest BCUT2D eigenvalue weighted by Gasteiger charge is 2.18. The molecule has 3 rings (SSSR count). The summed E-state index contributed by atoms with van der Waals surface area (Å²) in [7, 11) is 0. The Morgan fingerprint density at radius 1 is 1.38 bits per heavy atom. The van der Waals surface area contributed by atoms with Gasteiger partial charge in [0, 0.05) is 18.5 Å². The second-order valence-electron chi connectivity index (χ2n) is 5.33. The third kappa shape index (κ3) is 2.97. The van der Waals surface area contributed by atoms with Crippen molar-refractivity contribution in [1.29, 1.82) is 0 Å². The molecule has 1 amide bonds. The van der Waals surface area contributed by atoms with E-state index in [1.165, 1.54) is 0 Å². The van der Waals surface area contributed by atoms with Gasteiger partial charge in [-0.05, 0) is 38.0 Å². The molecule has 2 heterocycles. The maximum absolute atomic E-state index is 12.1. The summed E-state index contributed by atoms with van der Waals surface area (Å²) >= 11 is 0. The third-order valence-electron chi connectivity index (χ3n) is 3.65. The summed E-state index contributed by atoms with van der Waals surface area (Å²) in [4.78, 5) is 24.0. The van der Waals surface area contributed by atoms with Gasteiger partial charge >= 0.3 is 5.63 Å². The largest absolute Gasteiger partial charge is 0.422 e. The summed E-state index contributed by atoms with van der Waals surface area (Å²) in [6.45, 7) is 3.10. The summed E-state index contributed by atoms with van der Waals surface area (Å²) in [6.07, 6.45) is 1.99. The maximum atomic E-state index is 12.1. The Kier molecular flexibility index (Phi) is 3.75. The molecule has 0 radical (unpaired) electrons. The van der Waals surface area contributed by atoms with Gasteiger partial charge < -0.3 is 14.5 Å². The zero-order chi connectivity index (χ0) is 14.8. The zero-order valence-electron chi connectivity index (χ0n) is 11.8. The van der Waals surface area contributed by atoms with Crippen molar-refractivity contribution < 1.29 is 13.9 Å². The molecule has 0 saturated carbocycles. The summed E-state index contributed by atoms with van der Waals surface area (Å²) < 4.78 is 10.6. The van der Waals surface area contributed by atoms with Crippen molar-refractivity contribution in [2.45, 2.75) is 25.9 Å². The smallest absolute Gasteiger partial charge is 0.349 e. The lowest BCUT2D eigenvalue weighted by Gasteiger charge is -2.10. The molecule has 0 spiro atoms. The number of fused-ring (bicyclic) bond motifs is 1. The van der Waals surface area contributed by atoms with Crippen LogP contribution in [-0.2, 0) is 4.74 Å². The number of aryl methyl sites for hydroxylation is 1. The van der Waals surface area contributed by atoms with Crippen LogP contribution < -0.4 is 10.9 Å². The maximum Gasteiger partial charge on any atom is 0.349 e. The number of ether oxygens (including phenoxy) is 1. The minimum atomic E-state index is -0.615. The fraction of sp³-hybridized carbons (Fsp3) is 0.375. The number of carbonyl (C=O) groups excluding carboxylic acids is 1. The van der Waals surface area contributed by atoms with E-state index in [1.54, 1.807) is 12.1 Å². The van der Waals surface area contributed by atoms with Crippen molar-refractivity contribution in [1.82, 2.24) is 5.32 Å². The van der Waals surface area contributed by atoms with E-state index in [-0.39, 0.29) is 11.7 Å². The number of hydrogen-bond acceptors (Lipinski definition) is 4. The topological polar surface area (TPSA) is 68.5 Å². The molecule has 1 N–H and O–H groups in total. The third-order valence-corrected chi connectivity index (χ3v) is 3.65. The van der Waals surface area contributed by atoms with E-state index < -0.39 is 11.5 Å². The Balaban J connectivity index is 1.83. The fourth-order valence-electron chi connectivity index (χ4n) is 2.51. The van der Waals surface area contributed by atoms with Crippen molar-refractivity contribution in [3.05, 3.63) is 45.8 Å². The average Bonchev–Trinajstić information content (AvgIpc) is 2.98. The first kappa shape index (κ1) is 13.8. The van der Waals surface area contributed by atoms with Gasteiger partial charge in [-0.1, -0.05) is 11.6 Å². The van der Waals surface area contributed by atoms with Crippen LogP contribution >= 0.6 is 0 Å². The molecular formula is C16H17NO4. The van der Waals surface area contributed by atoms with Crippen molar-refractivity contribution in [3.63, 3.8) is 0 Å². The molecule has 1 fully saturated rings. The van der Waals surface area contributed by atoms with Gasteiger partial charge in [-0.2, -0.15) is 0 Å². The van der Waals surface area contributed by atoms with Crippen LogP contribution in [0.1, 0.15) is 28.8 Å². The Hall–Kier alpha value is -2.14. The van der Waals surface area contributed by atoms with E-state index >= 15 is 0 Å². The van der Waals surface area contributed by atoms with E-state index in [0.29, 0.717) is 12.1 Å².